The molecule has 1 aliphatic carbocycles. The number of amides is 1. The van der Waals surface area contributed by atoms with E-state index in [1.54, 1.807) is 0 Å². The van der Waals surface area contributed by atoms with Crippen LogP contribution in [0.1, 0.15) is 60.1 Å². The zero-order valence-electron chi connectivity index (χ0n) is 17.6. The Hall–Kier alpha value is -2.40. The first-order valence-electron chi connectivity index (χ1n) is 10.4. The van der Waals surface area contributed by atoms with E-state index in [2.05, 4.69) is 32.2 Å². The van der Waals surface area contributed by atoms with Crippen molar-refractivity contribution >= 4 is 38.8 Å². The second-order valence-corrected chi connectivity index (χ2v) is 9.89. The molecule has 152 valence electrons. The first-order chi connectivity index (χ1) is 13.8. The number of carbonyl (C=O) groups excluding carboxylic acids is 1. The number of thiophene rings is 1. The van der Waals surface area contributed by atoms with Crippen molar-refractivity contribution in [2.75, 3.05) is 11.1 Å². The van der Waals surface area contributed by atoms with Crippen LogP contribution in [-0.2, 0) is 12.8 Å². The van der Waals surface area contributed by atoms with E-state index < -0.39 is 0 Å². The number of nitrogens with one attached hydrogen (secondary N) is 1. The smallest absolute Gasteiger partial charge is 0.267 e. The molecule has 3 N–H and O–H groups in total. The van der Waals surface area contributed by atoms with E-state index in [-0.39, 0.29) is 5.91 Å². The molecule has 0 fully saturated rings. The fourth-order valence-electron chi connectivity index (χ4n) is 4.14. The summed E-state index contributed by atoms with van der Waals surface area (Å²) in [4.78, 5) is 19.1. The van der Waals surface area contributed by atoms with Gasteiger partial charge in [0.1, 0.15) is 9.71 Å². The van der Waals surface area contributed by atoms with Gasteiger partial charge >= 0.3 is 0 Å². The zero-order chi connectivity index (χ0) is 20.8. The number of fused-ring (bicyclic) bond motifs is 2. The normalized spacial score (nSPS) is 16.6. The fraction of sp³-hybridized carbons (Fsp3) is 0.417. The molecule has 0 aliphatic heterocycles. The van der Waals surface area contributed by atoms with E-state index in [0.29, 0.717) is 21.9 Å². The van der Waals surface area contributed by atoms with Crippen LogP contribution in [0.3, 0.4) is 0 Å². The zero-order valence-corrected chi connectivity index (χ0v) is 18.5. The second kappa shape index (κ2) is 7.45. The van der Waals surface area contributed by atoms with Gasteiger partial charge in [0.15, 0.2) is 0 Å². The maximum absolute atomic E-state index is 12.8. The van der Waals surface area contributed by atoms with Crippen molar-refractivity contribution in [2.45, 2.75) is 53.4 Å². The molecule has 2 aromatic heterocycles. The Morgan fingerprint density at radius 3 is 2.72 bits per heavy atom. The van der Waals surface area contributed by atoms with Gasteiger partial charge in [-0.15, -0.1) is 11.3 Å². The van der Waals surface area contributed by atoms with Crippen LogP contribution in [-0.4, -0.2) is 10.9 Å². The van der Waals surface area contributed by atoms with E-state index in [1.807, 2.05) is 31.2 Å². The monoisotopic (exact) mass is 407 g/mol. The summed E-state index contributed by atoms with van der Waals surface area (Å²) in [6, 6.07) is 9.96. The lowest BCUT2D eigenvalue weighted by Gasteiger charge is -2.36. The lowest BCUT2D eigenvalue weighted by atomic mass is 9.69. The van der Waals surface area contributed by atoms with Crippen molar-refractivity contribution in [1.82, 2.24) is 4.98 Å². The highest BCUT2D eigenvalue weighted by atomic mass is 32.1. The summed E-state index contributed by atoms with van der Waals surface area (Å²) in [5.41, 5.74) is 11.7. The van der Waals surface area contributed by atoms with E-state index in [4.69, 9.17) is 10.7 Å². The van der Waals surface area contributed by atoms with Gasteiger partial charge in [0.05, 0.1) is 5.69 Å². The van der Waals surface area contributed by atoms with Gasteiger partial charge in [-0.1, -0.05) is 44.9 Å². The van der Waals surface area contributed by atoms with Crippen molar-refractivity contribution in [3.05, 3.63) is 52.0 Å². The van der Waals surface area contributed by atoms with Crippen molar-refractivity contribution in [2.24, 2.45) is 11.3 Å². The van der Waals surface area contributed by atoms with E-state index in [0.717, 1.165) is 34.3 Å². The number of rotatable bonds is 4. The Bertz CT molecular complexity index is 1070. The number of nitrogens with two attached hydrogens (primary N) is 1. The molecular weight excluding hydrogens is 378 g/mol. The molecule has 0 bridgehead atoms. The van der Waals surface area contributed by atoms with Crippen LogP contribution in [0.5, 0.6) is 0 Å². The lowest BCUT2D eigenvalue weighted by Crippen LogP contribution is -2.29. The van der Waals surface area contributed by atoms with E-state index in [9.17, 15) is 4.79 Å². The number of benzene rings is 1. The van der Waals surface area contributed by atoms with Crippen molar-refractivity contribution < 1.29 is 4.79 Å². The first kappa shape index (κ1) is 19.9. The number of aromatic nitrogens is 1. The molecule has 29 heavy (non-hydrogen) atoms. The number of aryl methyl sites for hydroxylation is 2. The molecule has 3 aromatic rings. The average molecular weight is 408 g/mol. The standard InChI is InChI=1S/C24H29N3OS/c1-5-24(3,4)16-8-11-19-15(12-16)13-18-20(25)21(29-23(18)27-19)22(28)26-17-9-6-14(2)7-10-17/h6-7,9-10,13,16H,5,8,11-12,25H2,1-4H3,(H,26,28). The third kappa shape index (κ3) is 3.76. The molecule has 4 nitrogen and oxygen atoms in total. The van der Waals surface area contributed by atoms with Crippen LogP contribution < -0.4 is 11.1 Å². The number of nitrogens with zero attached hydrogens (tertiary/aromatic N) is 1. The molecule has 1 aromatic carbocycles. The molecule has 2 heterocycles. The minimum absolute atomic E-state index is 0.169. The molecule has 1 atom stereocenters. The first-order valence-corrected chi connectivity index (χ1v) is 11.2. The quantitative estimate of drug-likeness (QED) is 0.559. The number of carbonyl (C=O) groups is 1. The highest BCUT2D eigenvalue weighted by Gasteiger charge is 2.32. The Morgan fingerprint density at radius 1 is 1.31 bits per heavy atom. The van der Waals surface area contributed by atoms with Gasteiger partial charge < -0.3 is 11.1 Å². The Balaban J connectivity index is 1.64. The third-order valence-electron chi connectivity index (χ3n) is 6.62. The summed E-state index contributed by atoms with van der Waals surface area (Å²) in [6.07, 6.45) is 4.39. The summed E-state index contributed by atoms with van der Waals surface area (Å²) in [5.74, 6) is 0.487. The predicted molar refractivity (Wildman–Crippen MR) is 123 cm³/mol. The molecule has 1 amide bonds. The Morgan fingerprint density at radius 2 is 2.03 bits per heavy atom. The molecule has 0 radical (unpaired) electrons. The van der Waals surface area contributed by atoms with Gasteiger partial charge in [0, 0.05) is 16.8 Å². The summed E-state index contributed by atoms with van der Waals surface area (Å²) < 4.78 is 0. The number of anilines is 2. The van der Waals surface area contributed by atoms with Gasteiger partial charge in [-0.3, -0.25) is 4.79 Å². The maximum Gasteiger partial charge on any atom is 0.267 e. The molecule has 1 aliphatic rings. The van der Waals surface area contributed by atoms with Gasteiger partial charge in [0.25, 0.3) is 5.91 Å². The predicted octanol–water partition coefficient (Wildman–Crippen LogP) is 5.98. The van der Waals surface area contributed by atoms with E-state index in [1.165, 1.54) is 35.4 Å². The molecular formula is C24H29N3OS. The fourth-order valence-corrected chi connectivity index (χ4v) is 5.13. The molecule has 0 spiro atoms. The maximum atomic E-state index is 12.8. The largest absolute Gasteiger partial charge is 0.397 e. The van der Waals surface area contributed by atoms with Gasteiger partial charge in [-0.25, -0.2) is 4.98 Å². The summed E-state index contributed by atoms with van der Waals surface area (Å²) >= 11 is 1.39. The average Bonchev–Trinajstić information content (AvgIpc) is 3.03. The van der Waals surface area contributed by atoms with Crippen LogP contribution in [0.4, 0.5) is 11.4 Å². The van der Waals surface area contributed by atoms with Crippen LogP contribution in [0.15, 0.2) is 30.3 Å². The number of hydrogen-bond acceptors (Lipinski definition) is 4. The van der Waals surface area contributed by atoms with Gasteiger partial charge in [-0.2, -0.15) is 0 Å². The highest BCUT2D eigenvalue weighted by Crippen LogP contribution is 2.42. The van der Waals surface area contributed by atoms with Crippen molar-refractivity contribution in [3.8, 4) is 0 Å². The molecule has 4 rings (SSSR count). The molecule has 0 saturated heterocycles. The third-order valence-corrected chi connectivity index (χ3v) is 7.73. The Kier molecular flexibility index (Phi) is 5.11. The number of nitrogen functional groups attached to an aromatic ring is 1. The summed E-state index contributed by atoms with van der Waals surface area (Å²) in [6.45, 7) is 9.02. The highest BCUT2D eigenvalue weighted by molar-refractivity contribution is 7.21. The SMILES string of the molecule is CCC(C)(C)C1CCc2nc3sc(C(=O)Nc4ccc(C)cc4)c(N)c3cc2C1. The van der Waals surface area contributed by atoms with E-state index >= 15 is 0 Å². The topological polar surface area (TPSA) is 68.0 Å². The number of pyridine rings is 1. The molecule has 5 heteroatoms. The van der Waals surface area contributed by atoms with Gasteiger partial charge in [-0.05, 0) is 61.3 Å². The molecule has 1 unspecified atom stereocenters. The minimum atomic E-state index is -0.169. The Labute approximate surface area is 176 Å². The second-order valence-electron chi connectivity index (χ2n) is 8.89. The van der Waals surface area contributed by atoms with Crippen molar-refractivity contribution in [1.29, 1.82) is 0 Å². The lowest BCUT2D eigenvalue weighted by molar-refractivity contribution is 0.103. The van der Waals surface area contributed by atoms with Crippen LogP contribution in [0.25, 0.3) is 10.2 Å². The van der Waals surface area contributed by atoms with Crippen LogP contribution in [0.2, 0.25) is 0 Å². The summed E-state index contributed by atoms with van der Waals surface area (Å²) in [7, 11) is 0. The number of hydrogen-bond donors (Lipinski definition) is 2. The van der Waals surface area contributed by atoms with Gasteiger partial charge in [0.2, 0.25) is 0 Å². The molecule has 0 saturated carbocycles. The van der Waals surface area contributed by atoms with Crippen LogP contribution >= 0.6 is 11.3 Å². The summed E-state index contributed by atoms with van der Waals surface area (Å²) in [5, 5.41) is 3.87. The van der Waals surface area contributed by atoms with Crippen LogP contribution in [0, 0.1) is 18.3 Å². The van der Waals surface area contributed by atoms with Crippen molar-refractivity contribution in [3.63, 3.8) is 0 Å². The minimum Gasteiger partial charge on any atom is -0.397 e.